The number of amides is 2. The van der Waals surface area contributed by atoms with Crippen molar-refractivity contribution in [2.45, 2.75) is 51.9 Å². The average molecular weight is 344 g/mol. The standard InChI is InChI=1S/C20H28N2O3/c1-13-5-7-16(8-6-13)19-17(9-10-18(23)21(19)4)20(24)22-11-14(2)25-15(3)12-22/h5-8,14-15,17,19H,9-12H2,1-4H3/t14-,15+,17-,19-/m1/s1. The third kappa shape index (κ3) is 3.71. The lowest BCUT2D eigenvalue weighted by Gasteiger charge is -2.43. The highest BCUT2D eigenvalue weighted by atomic mass is 16.5. The molecule has 3 rings (SSSR count). The zero-order valence-electron chi connectivity index (χ0n) is 15.6. The fourth-order valence-corrected chi connectivity index (χ4v) is 4.11. The van der Waals surface area contributed by atoms with Crippen LogP contribution in [0.1, 0.15) is 43.9 Å². The van der Waals surface area contributed by atoms with Crippen molar-refractivity contribution in [3.05, 3.63) is 35.4 Å². The van der Waals surface area contributed by atoms with Gasteiger partial charge in [0, 0.05) is 26.6 Å². The van der Waals surface area contributed by atoms with Crippen LogP contribution in [0.3, 0.4) is 0 Å². The Morgan fingerprint density at radius 1 is 1.12 bits per heavy atom. The van der Waals surface area contributed by atoms with E-state index in [1.54, 1.807) is 4.90 Å². The Morgan fingerprint density at radius 3 is 2.32 bits per heavy atom. The molecule has 2 saturated heterocycles. The topological polar surface area (TPSA) is 49.9 Å². The van der Waals surface area contributed by atoms with Gasteiger partial charge in [-0.05, 0) is 32.8 Å². The van der Waals surface area contributed by atoms with E-state index in [1.165, 1.54) is 5.56 Å². The number of carbonyl (C=O) groups excluding carboxylic acids is 2. The monoisotopic (exact) mass is 344 g/mol. The number of nitrogens with zero attached hydrogens (tertiary/aromatic N) is 2. The molecular weight excluding hydrogens is 316 g/mol. The summed E-state index contributed by atoms with van der Waals surface area (Å²) in [4.78, 5) is 29.2. The predicted molar refractivity (Wildman–Crippen MR) is 96.0 cm³/mol. The number of carbonyl (C=O) groups is 2. The molecule has 0 spiro atoms. The van der Waals surface area contributed by atoms with Crippen LogP contribution in [0.5, 0.6) is 0 Å². The molecule has 5 heteroatoms. The summed E-state index contributed by atoms with van der Waals surface area (Å²) in [5, 5.41) is 0. The molecule has 1 aromatic carbocycles. The normalized spacial score (nSPS) is 30.5. The minimum atomic E-state index is -0.192. The Hall–Kier alpha value is -1.88. The smallest absolute Gasteiger partial charge is 0.228 e. The van der Waals surface area contributed by atoms with E-state index in [1.807, 2.05) is 57.0 Å². The van der Waals surface area contributed by atoms with Gasteiger partial charge in [0.2, 0.25) is 11.8 Å². The molecule has 0 bridgehead atoms. The molecule has 0 aromatic heterocycles. The van der Waals surface area contributed by atoms with Crippen LogP contribution in [0.2, 0.25) is 0 Å². The van der Waals surface area contributed by atoms with Crippen LogP contribution in [-0.4, -0.2) is 54.0 Å². The molecule has 0 radical (unpaired) electrons. The van der Waals surface area contributed by atoms with Gasteiger partial charge in [0.1, 0.15) is 0 Å². The molecule has 0 unspecified atom stereocenters. The summed E-state index contributed by atoms with van der Waals surface area (Å²) in [6.45, 7) is 7.29. The molecule has 2 aliphatic heterocycles. The second kappa shape index (κ2) is 7.16. The van der Waals surface area contributed by atoms with Crippen LogP contribution in [0.15, 0.2) is 24.3 Å². The van der Waals surface area contributed by atoms with Crippen LogP contribution in [-0.2, 0) is 14.3 Å². The van der Waals surface area contributed by atoms with Crippen molar-refractivity contribution in [1.82, 2.24) is 9.80 Å². The Kier molecular flexibility index (Phi) is 5.13. The van der Waals surface area contributed by atoms with Crippen LogP contribution in [0.4, 0.5) is 0 Å². The van der Waals surface area contributed by atoms with Crippen molar-refractivity contribution >= 4 is 11.8 Å². The van der Waals surface area contributed by atoms with Crippen molar-refractivity contribution in [1.29, 1.82) is 0 Å². The molecule has 4 atom stereocenters. The molecular formula is C20H28N2O3. The number of likely N-dealkylation sites (tertiary alicyclic amines) is 1. The van der Waals surface area contributed by atoms with Gasteiger partial charge >= 0.3 is 0 Å². The number of hydrogen-bond donors (Lipinski definition) is 0. The fraction of sp³-hybridized carbons (Fsp3) is 0.600. The van der Waals surface area contributed by atoms with Crippen LogP contribution in [0, 0.1) is 12.8 Å². The van der Waals surface area contributed by atoms with E-state index in [0.717, 1.165) is 5.56 Å². The predicted octanol–water partition coefficient (Wildman–Crippen LogP) is 2.54. The molecule has 2 amide bonds. The first kappa shape index (κ1) is 17.9. The Balaban J connectivity index is 1.87. The highest BCUT2D eigenvalue weighted by Crippen LogP contribution is 2.37. The third-order valence-corrected chi connectivity index (χ3v) is 5.33. The van der Waals surface area contributed by atoms with E-state index in [2.05, 4.69) is 0 Å². The maximum absolute atomic E-state index is 13.3. The summed E-state index contributed by atoms with van der Waals surface area (Å²) in [6, 6.07) is 7.98. The quantitative estimate of drug-likeness (QED) is 0.828. The highest BCUT2D eigenvalue weighted by Gasteiger charge is 2.41. The molecule has 0 saturated carbocycles. The van der Waals surface area contributed by atoms with Crippen molar-refractivity contribution < 1.29 is 14.3 Å². The molecule has 2 aliphatic rings. The molecule has 2 heterocycles. The number of aryl methyl sites for hydroxylation is 1. The van der Waals surface area contributed by atoms with Gasteiger partial charge in [0.25, 0.3) is 0 Å². The number of rotatable bonds is 2. The molecule has 5 nitrogen and oxygen atoms in total. The molecule has 25 heavy (non-hydrogen) atoms. The largest absolute Gasteiger partial charge is 0.372 e. The van der Waals surface area contributed by atoms with Gasteiger partial charge in [0.15, 0.2) is 0 Å². The number of ether oxygens (including phenoxy) is 1. The van der Waals surface area contributed by atoms with Crippen molar-refractivity contribution in [2.24, 2.45) is 5.92 Å². The van der Waals surface area contributed by atoms with E-state index in [0.29, 0.717) is 25.9 Å². The zero-order valence-corrected chi connectivity index (χ0v) is 15.6. The lowest BCUT2D eigenvalue weighted by molar-refractivity contribution is -0.154. The van der Waals surface area contributed by atoms with Crippen LogP contribution in [0.25, 0.3) is 0 Å². The highest BCUT2D eigenvalue weighted by molar-refractivity contribution is 5.85. The number of benzene rings is 1. The van der Waals surface area contributed by atoms with Crippen LogP contribution < -0.4 is 0 Å². The summed E-state index contributed by atoms with van der Waals surface area (Å²) in [7, 11) is 1.82. The van der Waals surface area contributed by atoms with E-state index in [9.17, 15) is 9.59 Å². The van der Waals surface area contributed by atoms with Crippen molar-refractivity contribution in [3.63, 3.8) is 0 Å². The van der Waals surface area contributed by atoms with Gasteiger partial charge in [-0.15, -0.1) is 0 Å². The van der Waals surface area contributed by atoms with Gasteiger partial charge in [-0.3, -0.25) is 9.59 Å². The second-order valence-corrected chi connectivity index (χ2v) is 7.51. The maximum atomic E-state index is 13.3. The first-order valence-electron chi connectivity index (χ1n) is 9.13. The third-order valence-electron chi connectivity index (χ3n) is 5.33. The lowest BCUT2D eigenvalue weighted by Crippen LogP contribution is -2.53. The van der Waals surface area contributed by atoms with E-state index < -0.39 is 0 Å². The van der Waals surface area contributed by atoms with Crippen molar-refractivity contribution in [3.8, 4) is 0 Å². The summed E-state index contributed by atoms with van der Waals surface area (Å²) >= 11 is 0. The minimum Gasteiger partial charge on any atom is -0.372 e. The minimum absolute atomic E-state index is 0.0495. The number of morpholine rings is 1. The van der Waals surface area contributed by atoms with Gasteiger partial charge in [-0.1, -0.05) is 29.8 Å². The Labute approximate surface area is 149 Å². The Morgan fingerprint density at radius 2 is 1.72 bits per heavy atom. The second-order valence-electron chi connectivity index (χ2n) is 7.51. The Bertz CT molecular complexity index is 633. The molecule has 1 aromatic rings. The molecule has 0 aliphatic carbocycles. The summed E-state index contributed by atoms with van der Waals surface area (Å²) < 4.78 is 5.76. The zero-order chi connectivity index (χ0) is 18.1. The summed E-state index contributed by atoms with van der Waals surface area (Å²) in [5.74, 6) is 0.0631. The fourth-order valence-electron chi connectivity index (χ4n) is 4.11. The van der Waals surface area contributed by atoms with Crippen LogP contribution >= 0.6 is 0 Å². The van der Waals surface area contributed by atoms with E-state index in [4.69, 9.17) is 4.74 Å². The summed E-state index contributed by atoms with van der Waals surface area (Å²) in [5.41, 5.74) is 2.21. The van der Waals surface area contributed by atoms with Gasteiger partial charge in [-0.25, -0.2) is 0 Å². The first-order valence-corrected chi connectivity index (χ1v) is 9.13. The maximum Gasteiger partial charge on any atom is 0.228 e. The van der Waals surface area contributed by atoms with Gasteiger partial charge < -0.3 is 14.5 Å². The summed E-state index contributed by atoms with van der Waals surface area (Å²) in [6.07, 6.45) is 1.15. The van der Waals surface area contributed by atoms with E-state index in [-0.39, 0.29) is 36.0 Å². The first-order chi connectivity index (χ1) is 11.9. The SMILES string of the molecule is Cc1ccc([C@@H]2[C@H](C(=O)N3C[C@@H](C)O[C@@H](C)C3)CCC(=O)N2C)cc1. The average Bonchev–Trinajstić information content (AvgIpc) is 2.57. The lowest BCUT2D eigenvalue weighted by atomic mass is 9.83. The molecule has 2 fully saturated rings. The van der Waals surface area contributed by atoms with Crippen molar-refractivity contribution in [2.75, 3.05) is 20.1 Å². The molecule has 136 valence electrons. The number of piperidine rings is 1. The van der Waals surface area contributed by atoms with Gasteiger partial charge in [0.05, 0.1) is 24.2 Å². The van der Waals surface area contributed by atoms with E-state index >= 15 is 0 Å². The van der Waals surface area contributed by atoms with Gasteiger partial charge in [-0.2, -0.15) is 0 Å². The molecule has 0 N–H and O–H groups in total. The number of hydrogen-bond acceptors (Lipinski definition) is 3.